The topological polar surface area (TPSA) is 114 Å². The highest BCUT2D eigenvalue weighted by Crippen LogP contribution is 2.18. The molecule has 0 rings (SSSR count). The first-order valence-corrected chi connectivity index (χ1v) is 6.67. The summed E-state index contributed by atoms with van der Waals surface area (Å²) in [5.41, 5.74) is 4.05. The Morgan fingerprint density at radius 2 is 1.85 bits per heavy atom. The number of rotatable bonds is 9. The molecule has 0 aromatic carbocycles. The van der Waals surface area contributed by atoms with Crippen molar-refractivity contribution in [2.75, 3.05) is 19.8 Å². The zero-order chi connectivity index (χ0) is 15.8. The number of aliphatic hydroxyl groups excluding tert-OH is 1. The number of nitrogens with one attached hydrogen (secondary N) is 2. The normalized spacial score (nSPS) is 12.1. The van der Waals surface area contributed by atoms with Crippen LogP contribution in [0.1, 0.15) is 40.5 Å². The molecule has 0 radical (unpaired) electrons. The molecule has 0 unspecified atom stereocenters. The highest BCUT2D eigenvalue weighted by Gasteiger charge is 2.25. The summed E-state index contributed by atoms with van der Waals surface area (Å²) in [4.78, 5) is 21.7. The fourth-order valence-electron chi connectivity index (χ4n) is 1.63. The number of hydrogen-bond acceptors (Lipinski definition) is 4. The molecule has 0 aliphatic carbocycles. The molecule has 0 fully saturated rings. The summed E-state index contributed by atoms with van der Waals surface area (Å²) in [6.07, 6.45) is 1.50. The second kappa shape index (κ2) is 8.06. The molecule has 20 heavy (non-hydrogen) atoms. The fraction of sp³-hybridized carbons (Fsp3) is 0.846. The molecule has 0 saturated heterocycles. The van der Waals surface area contributed by atoms with Crippen LogP contribution in [0.5, 0.6) is 0 Å². The lowest BCUT2D eigenvalue weighted by molar-refractivity contribution is -0.127. The van der Waals surface area contributed by atoms with Gasteiger partial charge in [0.15, 0.2) is 0 Å². The Kier molecular flexibility index (Phi) is 7.52. The van der Waals surface area contributed by atoms with E-state index in [0.717, 1.165) is 12.8 Å². The molecule has 0 saturated carbocycles. The van der Waals surface area contributed by atoms with E-state index in [2.05, 4.69) is 10.6 Å². The predicted octanol–water partition coefficient (Wildman–Crippen LogP) is 0.117. The van der Waals surface area contributed by atoms with Crippen molar-refractivity contribution in [3.63, 3.8) is 0 Å². The zero-order valence-electron chi connectivity index (χ0n) is 12.8. The monoisotopic (exact) mass is 289 g/mol. The molecular weight excluding hydrogens is 262 g/mol. The number of amides is 3. The molecule has 0 aliphatic rings. The van der Waals surface area contributed by atoms with Crippen molar-refractivity contribution >= 4 is 11.9 Å². The van der Waals surface area contributed by atoms with Crippen LogP contribution in [-0.2, 0) is 9.53 Å². The molecule has 7 heteroatoms. The van der Waals surface area contributed by atoms with Crippen molar-refractivity contribution in [1.82, 2.24) is 10.6 Å². The Morgan fingerprint density at radius 3 is 2.35 bits per heavy atom. The smallest absolute Gasteiger partial charge is 0.312 e. The van der Waals surface area contributed by atoms with Crippen LogP contribution in [-0.4, -0.2) is 47.9 Å². The Bertz CT molecular complexity index is 330. The average molecular weight is 289 g/mol. The van der Waals surface area contributed by atoms with Crippen LogP contribution < -0.4 is 16.4 Å². The molecule has 3 amide bonds. The van der Waals surface area contributed by atoms with Gasteiger partial charge < -0.3 is 26.2 Å². The van der Waals surface area contributed by atoms with E-state index < -0.39 is 24.1 Å². The van der Waals surface area contributed by atoms with Gasteiger partial charge in [-0.25, -0.2) is 4.79 Å². The highest BCUT2D eigenvalue weighted by atomic mass is 16.5. The first kappa shape index (κ1) is 18.7. The van der Waals surface area contributed by atoms with E-state index in [4.69, 9.17) is 15.6 Å². The van der Waals surface area contributed by atoms with Gasteiger partial charge in [-0.05, 0) is 40.5 Å². The van der Waals surface area contributed by atoms with Gasteiger partial charge in [-0.15, -0.1) is 0 Å². The third-order valence-electron chi connectivity index (χ3n) is 2.70. The first-order valence-electron chi connectivity index (χ1n) is 6.67. The quantitative estimate of drug-likeness (QED) is 0.451. The maximum absolute atomic E-state index is 11.2. The summed E-state index contributed by atoms with van der Waals surface area (Å²) in [7, 11) is 0. The van der Waals surface area contributed by atoms with Gasteiger partial charge in [0.25, 0.3) is 0 Å². The molecule has 7 nitrogen and oxygen atoms in total. The van der Waals surface area contributed by atoms with Crippen LogP contribution in [0.2, 0.25) is 0 Å². The van der Waals surface area contributed by atoms with Crippen LogP contribution in [0, 0.1) is 0 Å². The molecule has 0 aliphatic heterocycles. The van der Waals surface area contributed by atoms with E-state index in [9.17, 15) is 9.59 Å². The summed E-state index contributed by atoms with van der Waals surface area (Å²) in [6.45, 7) is 7.84. The van der Waals surface area contributed by atoms with Crippen molar-refractivity contribution in [3.8, 4) is 0 Å². The van der Waals surface area contributed by atoms with Crippen molar-refractivity contribution in [2.45, 2.75) is 51.7 Å². The Labute approximate surface area is 120 Å². The second-order valence-corrected chi connectivity index (χ2v) is 6.03. The fourth-order valence-corrected chi connectivity index (χ4v) is 1.63. The van der Waals surface area contributed by atoms with Gasteiger partial charge in [-0.1, -0.05) is 0 Å². The first-order chi connectivity index (χ1) is 9.08. The summed E-state index contributed by atoms with van der Waals surface area (Å²) in [5, 5.41) is 13.9. The van der Waals surface area contributed by atoms with Gasteiger partial charge >= 0.3 is 6.03 Å². The second-order valence-electron chi connectivity index (χ2n) is 6.03. The SMILES string of the molecule is CC(C)(COC(C)(C)CCCNC(N)=O)NC(=O)CO. The average Bonchev–Trinajstić information content (AvgIpc) is 2.32. The van der Waals surface area contributed by atoms with Crippen LogP contribution in [0.3, 0.4) is 0 Å². The summed E-state index contributed by atoms with van der Waals surface area (Å²) < 4.78 is 5.81. The maximum Gasteiger partial charge on any atom is 0.312 e. The van der Waals surface area contributed by atoms with Crippen LogP contribution in [0.4, 0.5) is 4.79 Å². The zero-order valence-corrected chi connectivity index (χ0v) is 12.8. The van der Waals surface area contributed by atoms with Gasteiger partial charge in [-0.2, -0.15) is 0 Å². The predicted molar refractivity (Wildman–Crippen MR) is 76.2 cm³/mol. The molecule has 0 aromatic rings. The van der Waals surface area contributed by atoms with E-state index in [1.165, 1.54) is 0 Å². The number of urea groups is 1. The molecule has 0 bridgehead atoms. The Balaban J connectivity index is 4.06. The van der Waals surface area contributed by atoms with E-state index in [0.29, 0.717) is 13.2 Å². The van der Waals surface area contributed by atoms with Crippen LogP contribution in [0.15, 0.2) is 0 Å². The van der Waals surface area contributed by atoms with Gasteiger partial charge in [0.2, 0.25) is 5.91 Å². The Morgan fingerprint density at radius 1 is 1.25 bits per heavy atom. The van der Waals surface area contributed by atoms with Crippen LogP contribution in [0.25, 0.3) is 0 Å². The lowest BCUT2D eigenvalue weighted by Crippen LogP contribution is -2.49. The number of primary amides is 1. The highest BCUT2D eigenvalue weighted by molar-refractivity contribution is 5.77. The maximum atomic E-state index is 11.2. The van der Waals surface area contributed by atoms with Crippen molar-refractivity contribution in [3.05, 3.63) is 0 Å². The van der Waals surface area contributed by atoms with E-state index in [1.54, 1.807) is 0 Å². The van der Waals surface area contributed by atoms with Gasteiger partial charge in [-0.3, -0.25) is 4.79 Å². The van der Waals surface area contributed by atoms with E-state index >= 15 is 0 Å². The molecule has 118 valence electrons. The molecule has 0 atom stereocenters. The number of ether oxygens (including phenoxy) is 1. The minimum Gasteiger partial charge on any atom is -0.387 e. The van der Waals surface area contributed by atoms with E-state index in [1.807, 2.05) is 27.7 Å². The third-order valence-corrected chi connectivity index (χ3v) is 2.70. The molecule has 0 heterocycles. The molecule has 5 N–H and O–H groups in total. The van der Waals surface area contributed by atoms with Crippen molar-refractivity contribution in [1.29, 1.82) is 0 Å². The number of hydrogen-bond donors (Lipinski definition) is 4. The summed E-state index contributed by atoms with van der Waals surface area (Å²) >= 11 is 0. The number of nitrogens with two attached hydrogens (primary N) is 1. The summed E-state index contributed by atoms with van der Waals surface area (Å²) in [6, 6.07) is -0.531. The Hall–Kier alpha value is -1.34. The molecule has 0 spiro atoms. The number of carbonyl (C=O) groups excluding carboxylic acids is 2. The third kappa shape index (κ3) is 9.57. The lowest BCUT2D eigenvalue weighted by Gasteiger charge is -2.32. The van der Waals surface area contributed by atoms with Crippen molar-refractivity contribution in [2.24, 2.45) is 5.73 Å². The number of aliphatic hydroxyl groups is 1. The van der Waals surface area contributed by atoms with Crippen LogP contribution >= 0.6 is 0 Å². The number of carbonyl (C=O) groups is 2. The van der Waals surface area contributed by atoms with Crippen molar-refractivity contribution < 1.29 is 19.4 Å². The lowest BCUT2D eigenvalue weighted by atomic mass is 10.0. The van der Waals surface area contributed by atoms with Gasteiger partial charge in [0, 0.05) is 6.54 Å². The largest absolute Gasteiger partial charge is 0.387 e. The molecular formula is C13H27N3O4. The summed E-state index contributed by atoms with van der Waals surface area (Å²) in [5.74, 6) is -0.429. The van der Waals surface area contributed by atoms with Gasteiger partial charge in [0.05, 0.1) is 17.7 Å². The molecule has 0 aromatic heterocycles. The standard InChI is InChI=1S/C13H27N3O4/c1-12(2,16-10(18)8-17)9-20-13(3,4)6-5-7-15-11(14)19/h17H,5-9H2,1-4H3,(H,16,18)(H3,14,15,19). The minimum absolute atomic E-state index is 0.328. The van der Waals surface area contributed by atoms with Gasteiger partial charge in [0.1, 0.15) is 6.61 Å². The van der Waals surface area contributed by atoms with E-state index in [-0.39, 0.29) is 5.60 Å². The minimum atomic E-state index is -0.553.